The first kappa shape index (κ1) is 13.9. The first-order valence-electron chi connectivity index (χ1n) is 6.09. The fourth-order valence-electron chi connectivity index (χ4n) is 2.09. The van der Waals surface area contributed by atoms with Crippen molar-refractivity contribution in [2.24, 2.45) is 0 Å². The number of carboxylic acid groups (broad SMARTS) is 1. The Morgan fingerprint density at radius 1 is 1.45 bits per heavy atom. The molecule has 0 aliphatic rings. The van der Waals surface area contributed by atoms with Gasteiger partial charge in [-0.2, -0.15) is 0 Å². The Balaban J connectivity index is 2.30. The number of nitrogens with zero attached hydrogens (tertiary/aromatic N) is 2. The molecule has 0 aliphatic heterocycles. The Morgan fingerprint density at radius 3 is 2.70 bits per heavy atom. The van der Waals surface area contributed by atoms with Crippen LogP contribution in [0.2, 0.25) is 0 Å². The smallest absolute Gasteiger partial charge is 0.354 e. The lowest BCUT2D eigenvalue weighted by atomic mass is 10.1. The number of carboxylic acids is 1. The molecule has 1 unspecified atom stereocenters. The molecule has 2 heterocycles. The van der Waals surface area contributed by atoms with Gasteiger partial charge in [-0.25, -0.2) is 9.78 Å². The summed E-state index contributed by atoms with van der Waals surface area (Å²) in [6.45, 7) is 5.56. The fourth-order valence-corrected chi connectivity index (χ4v) is 2.09. The molecule has 0 aliphatic carbocycles. The molecule has 0 saturated carbocycles. The lowest BCUT2D eigenvalue weighted by Crippen LogP contribution is -2.13. The molecule has 4 N–H and O–H groups in total. The van der Waals surface area contributed by atoms with Crippen molar-refractivity contribution in [3.8, 4) is 0 Å². The average Bonchev–Trinajstić information content (AvgIpc) is 2.71. The molecule has 20 heavy (non-hydrogen) atoms. The molecule has 2 aromatic rings. The average molecular weight is 276 g/mol. The zero-order valence-corrected chi connectivity index (χ0v) is 11.5. The van der Waals surface area contributed by atoms with Gasteiger partial charge in [0, 0.05) is 5.56 Å². The van der Waals surface area contributed by atoms with Gasteiger partial charge < -0.3 is 20.7 Å². The van der Waals surface area contributed by atoms with Crippen molar-refractivity contribution in [1.29, 1.82) is 0 Å². The van der Waals surface area contributed by atoms with E-state index in [1.807, 2.05) is 20.8 Å². The Labute approximate surface area is 115 Å². The number of hydrogen-bond donors (Lipinski definition) is 3. The van der Waals surface area contributed by atoms with Crippen LogP contribution in [-0.2, 0) is 0 Å². The maximum atomic E-state index is 10.9. The zero-order valence-electron chi connectivity index (χ0n) is 11.5. The second-order valence-electron chi connectivity index (χ2n) is 4.54. The largest absolute Gasteiger partial charge is 0.477 e. The third kappa shape index (κ3) is 2.56. The summed E-state index contributed by atoms with van der Waals surface area (Å²) < 4.78 is 5.11. The Bertz CT molecular complexity index is 632. The Morgan fingerprint density at radius 2 is 2.15 bits per heavy atom. The van der Waals surface area contributed by atoms with Gasteiger partial charge in [-0.3, -0.25) is 0 Å². The van der Waals surface area contributed by atoms with Crippen LogP contribution in [0.1, 0.15) is 40.5 Å². The summed E-state index contributed by atoms with van der Waals surface area (Å²) in [7, 11) is 0. The van der Waals surface area contributed by atoms with Gasteiger partial charge >= 0.3 is 5.97 Å². The molecule has 0 saturated heterocycles. The number of pyridine rings is 1. The topological polar surface area (TPSA) is 114 Å². The van der Waals surface area contributed by atoms with Gasteiger partial charge in [-0.05, 0) is 32.9 Å². The van der Waals surface area contributed by atoms with E-state index in [1.54, 1.807) is 0 Å². The normalized spacial score (nSPS) is 12.2. The number of aryl methyl sites for hydroxylation is 2. The van der Waals surface area contributed by atoms with Gasteiger partial charge in [0.15, 0.2) is 11.5 Å². The molecule has 0 radical (unpaired) electrons. The van der Waals surface area contributed by atoms with Crippen LogP contribution in [0.3, 0.4) is 0 Å². The van der Waals surface area contributed by atoms with Gasteiger partial charge in [0.2, 0.25) is 0 Å². The predicted molar refractivity (Wildman–Crippen MR) is 73.6 cm³/mol. The monoisotopic (exact) mass is 276 g/mol. The van der Waals surface area contributed by atoms with Crippen molar-refractivity contribution in [2.45, 2.75) is 26.8 Å². The minimum absolute atomic E-state index is 0.0623. The molecule has 0 amide bonds. The van der Waals surface area contributed by atoms with Crippen LogP contribution >= 0.6 is 0 Å². The highest BCUT2D eigenvalue weighted by molar-refractivity contribution is 5.86. The van der Waals surface area contributed by atoms with Gasteiger partial charge in [0.25, 0.3) is 0 Å². The molecular weight excluding hydrogens is 260 g/mol. The van der Waals surface area contributed by atoms with E-state index in [4.69, 9.17) is 15.4 Å². The van der Waals surface area contributed by atoms with E-state index < -0.39 is 5.97 Å². The number of rotatable bonds is 4. The van der Waals surface area contributed by atoms with Crippen molar-refractivity contribution in [1.82, 2.24) is 10.1 Å². The highest BCUT2D eigenvalue weighted by Crippen LogP contribution is 2.26. The van der Waals surface area contributed by atoms with Crippen molar-refractivity contribution >= 4 is 17.5 Å². The maximum absolute atomic E-state index is 10.9. The van der Waals surface area contributed by atoms with Crippen LogP contribution in [0.25, 0.3) is 0 Å². The Kier molecular flexibility index (Phi) is 3.60. The fraction of sp³-hybridized carbons (Fsp3) is 0.308. The van der Waals surface area contributed by atoms with Crippen LogP contribution < -0.4 is 11.1 Å². The van der Waals surface area contributed by atoms with Gasteiger partial charge in [0.1, 0.15) is 5.76 Å². The Hall–Kier alpha value is -2.57. The standard InChI is InChI=1S/C13H16N4O3/c1-6(11-7(2)17-20-8(11)3)15-12-9(14)4-5-10(16-12)13(18)19/h4-6H,14H2,1-3H3,(H,15,16)(H,18,19). The number of aromatic nitrogens is 2. The van der Waals surface area contributed by atoms with Crippen molar-refractivity contribution in [3.05, 3.63) is 34.8 Å². The summed E-state index contributed by atoms with van der Waals surface area (Å²) in [5, 5.41) is 15.9. The number of nitrogens with one attached hydrogen (secondary N) is 1. The van der Waals surface area contributed by atoms with Crippen molar-refractivity contribution in [3.63, 3.8) is 0 Å². The second kappa shape index (κ2) is 5.20. The zero-order chi connectivity index (χ0) is 14.9. The number of carbonyl (C=O) groups is 1. The summed E-state index contributed by atoms with van der Waals surface area (Å²) in [5.74, 6) is -0.0640. The van der Waals surface area contributed by atoms with E-state index in [0.29, 0.717) is 17.3 Å². The molecular formula is C13H16N4O3. The van der Waals surface area contributed by atoms with E-state index in [2.05, 4.69) is 15.5 Å². The van der Waals surface area contributed by atoms with Crippen LogP contribution in [0.5, 0.6) is 0 Å². The summed E-state index contributed by atoms with van der Waals surface area (Å²) >= 11 is 0. The lowest BCUT2D eigenvalue weighted by Gasteiger charge is -2.16. The number of nitrogen functional groups attached to an aromatic ring is 1. The quantitative estimate of drug-likeness (QED) is 0.783. The van der Waals surface area contributed by atoms with Crippen LogP contribution in [0, 0.1) is 13.8 Å². The first-order valence-corrected chi connectivity index (χ1v) is 6.09. The highest BCUT2D eigenvalue weighted by atomic mass is 16.5. The van der Waals surface area contributed by atoms with Crippen LogP contribution in [0.4, 0.5) is 11.5 Å². The third-order valence-corrected chi connectivity index (χ3v) is 3.02. The first-order chi connectivity index (χ1) is 9.40. The van der Waals surface area contributed by atoms with E-state index in [0.717, 1.165) is 11.3 Å². The molecule has 0 bridgehead atoms. The van der Waals surface area contributed by atoms with Gasteiger partial charge in [-0.1, -0.05) is 5.16 Å². The van der Waals surface area contributed by atoms with E-state index in [-0.39, 0.29) is 11.7 Å². The van der Waals surface area contributed by atoms with Crippen LogP contribution in [0.15, 0.2) is 16.7 Å². The van der Waals surface area contributed by atoms with Crippen molar-refractivity contribution in [2.75, 3.05) is 11.1 Å². The van der Waals surface area contributed by atoms with Gasteiger partial charge in [-0.15, -0.1) is 0 Å². The summed E-state index contributed by atoms with van der Waals surface area (Å²) in [6.07, 6.45) is 0. The van der Waals surface area contributed by atoms with E-state index in [1.165, 1.54) is 12.1 Å². The predicted octanol–water partition coefficient (Wildman–Crippen LogP) is 2.14. The minimum atomic E-state index is -1.10. The molecule has 0 spiro atoms. The molecule has 7 heteroatoms. The highest BCUT2D eigenvalue weighted by Gasteiger charge is 2.18. The molecule has 1 atom stereocenters. The number of aromatic carboxylic acids is 1. The van der Waals surface area contributed by atoms with Crippen molar-refractivity contribution < 1.29 is 14.4 Å². The summed E-state index contributed by atoms with van der Waals surface area (Å²) in [5.41, 5.74) is 7.81. The molecule has 0 aromatic carbocycles. The molecule has 2 rings (SSSR count). The molecule has 7 nitrogen and oxygen atoms in total. The van der Waals surface area contributed by atoms with E-state index in [9.17, 15) is 4.79 Å². The third-order valence-electron chi connectivity index (χ3n) is 3.02. The SMILES string of the molecule is Cc1noc(C)c1C(C)Nc1nc(C(=O)O)ccc1N. The minimum Gasteiger partial charge on any atom is -0.477 e. The summed E-state index contributed by atoms with van der Waals surface area (Å²) in [4.78, 5) is 14.9. The number of hydrogen-bond acceptors (Lipinski definition) is 6. The maximum Gasteiger partial charge on any atom is 0.354 e. The lowest BCUT2D eigenvalue weighted by molar-refractivity contribution is 0.0690. The summed E-state index contributed by atoms with van der Waals surface area (Å²) in [6, 6.07) is 2.72. The van der Waals surface area contributed by atoms with E-state index >= 15 is 0 Å². The van der Waals surface area contributed by atoms with Gasteiger partial charge in [0.05, 0.1) is 17.4 Å². The second-order valence-corrected chi connectivity index (χ2v) is 4.54. The number of anilines is 2. The molecule has 2 aromatic heterocycles. The molecule has 0 fully saturated rings. The van der Waals surface area contributed by atoms with Crippen LogP contribution in [-0.4, -0.2) is 21.2 Å². The number of nitrogens with two attached hydrogens (primary N) is 1. The molecule has 106 valence electrons.